The molecule has 0 radical (unpaired) electrons. The average Bonchev–Trinajstić information content (AvgIpc) is 3.88. The van der Waals surface area contributed by atoms with E-state index in [0.29, 0.717) is 17.6 Å². The maximum atomic E-state index is 5.47. The van der Waals surface area contributed by atoms with E-state index < -0.39 is 5.41 Å². The normalized spacial score (nSPS) is 11.8. The zero-order valence-electron chi connectivity index (χ0n) is 34.3. The van der Waals surface area contributed by atoms with Crippen molar-refractivity contribution in [1.82, 2.24) is 24.1 Å². The highest BCUT2D eigenvalue weighted by atomic mass is 15.2. The summed E-state index contributed by atoms with van der Waals surface area (Å²) in [5, 5.41) is 4.67. The topological polar surface area (TPSA) is 48.5 Å². The maximum Gasteiger partial charge on any atom is 0.238 e. The average molecular weight is 806 g/mol. The Hall–Kier alpha value is -8.41. The van der Waals surface area contributed by atoms with Gasteiger partial charge in [0.1, 0.15) is 0 Å². The van der Waals surface area contributed by atoms with Gasteiger partial charge in [-0.1, -0.05) is 194 Å². The number of nitrogens with zero attached hydrogens (tertiary/aromatic N) is 5. The number of hydrogen-bond donors (Lipinski definition) is 0. The number of benzene rings is 9. The van der Waals surface area contributed by atoms with Gasteiger partial charge in [0.15, 0.2) is 11.6 Å². The molecule has 0 spiro atoms. The highest BCUT2D eigenvalue weighted by molar-refractivity contribution is 6.10. The van der Waals surface area contributed by atoms with Crippen molar-refractivity contribution in [2.45, 2.75) is 5.41 Å². The Bertz CT molecular complexity index is 3420. The third kappa shape index (κ3) is 5.82. The molecular weight excluding hydrogens is 767 g/mol. The first-order valence-corrected chi connectivity index (χ1v) is 21.4. The van der Waals surface area contributed by atoms with Crippen molar-refractivity contribution in [2.75, 3.05) is 0 Å². The van der Waals surface area contributed by atoms with E-state index in [-0.39, 0.29) is 0 Å². The molecule has 0 unspecified atom stereocenters. The van der Waals surface area contributed by atoms with Crippen molar-refractivity contribution in [2.24, 2.45) is 0 Å². The molecule has 0 saturated carbocycles. The smallest absolute Gasteiger partial charge is 0.238 e. The fourth-order valence-corrected chi connectivity index (χ4v) is 9.85. The van der Waals surface area contributed by atoms with Crippen molar-refractivity contribution in [1.29, 1.82) is 0 Å². The van der Waals surface area contributed by atoms with E-state index >= 15 is 0 Å². The third-order valence-electron chi connectivity index (χ3n) is 12.5. The van der Waals surface area contributed by atoms with Gasteiger partial charge in [0, 0.05) is 32.7 Å². The van der Waals surface area contributed by atoms with Crippen molar-refractivity contribution >= 4 is 43.6 Å². The van der Waals surface area contributed by atoms with E-state index in [4.69, 9.17) is 15.0 Å². The predicted octanol–water partition coefficient (Wildman–Crippen LogP) is 13.8. The van der Waals surface area contributed by atoms with Gasteiger partial charge < -0.3 is 4.57 Å². The summed E-state index contributed by atoms with van der Waals surface area (Å²) < 4.78 is 4.53. The molecule has 5 nitrogen and oxygen atoms in total. The molecule has 12 aromatic rings. The summed E-state index contributed by atoms with van der Waals surface area (Å²) in [6.07, 6.45) is 0. The molecule has 3 aromatic heterocycles. The molecule has 0 N–H and O–H groups in total. The quantitative estimate of drug-likeness (QED) is 0.144. The Morgan fingerprint density at radius 1 is 0.302 bits per heavy atom. The molecule has 0 saturated heterocycles. The predicted molar refractivity (Wildman–Crippen MR) is 258 cm³/mol. The largest absolute Gasteiger partial charge is 0.309 e. The minimum absolute atomic E-state index is 0.551. The first kappa shape index (κ1) is 36.4. The van der Waals surface area contributed by atoms with Crippen molar-refractivity contribution in [3.05, 3.63) is 259 Å². The van der Waals surface area contributed by atoms with Crippen LogP contribution in [0.5, 0.6) is 0 Å². The lowest BCUT2D eigenvalue weighted by molar-refractivity contribution is 0.745. The molecule has 0 aliphatic rings. The van der Waals surface area contributed by atoms with Crippen LogP contribution in [0.4, 0.5) is 0 Å². The summed E-state index contributed by atoms with van der Waals surface area (Å²) >= 11 is 0. The minimum Gasteiger partial charge on any atom is -0.309 e. The molecule has 0 amide bonds. The van der Waals surface area contributed by atoms with Crippen molar-refractivity contribution in [3.63, 3.8) is 0 Å². The van der Waals surface area contributed by atoms with Crippen molar-refractivity contribution < 1.29 is 0 Å². The highest BCUT2D eigenvalue weighted by Gasteiger charge is 2.38. The van der Waals surface area contributed by atoms with E-state index in [9.17, 15) is 0 Å². The van der Waals surface area contributed by atoms with E-state index in [1.807, 2.05) is 0 Å². The second kappa shape index (κ2) is 14.9. The SMILES string of the molecule is c1ccc(C(c2ccccc2)(c2ccccc2)c2cccc(-c3nc(-c4ccccc4-n4c5ccccc5c5ccccc54)nc(-n4c5ccccc5c5ccccc54)n3)c2)cc1. The molecule has 3 heterocycles. The zero-order chi connectivity index (χ0) is 41.7. The number of rotatable bonds is 8. The van der Waals surface area contributed by atoms with Gasteiger partial charge in [-0.2, -0.15) is 9.97 Å². The monoisotopic (exact) mass is 805 g/mol. The maximum absolute atomic E-state index is 5.47. The molecule has 0 aliphatic heterocycles. The van der Waals surface area contributed by atoms with Gasteiger partial charge in [-0.25, -0.2) is 4.98 Å². The standard InChI is InChI=1S/C58H39N5/c1-4-22-41(23-5-1)58(42-24-6-2-7-25-42,43-26-8-3-9-27-43)44-28-20-21-40(39-44)55-59-56(61-57(60-55)63-52-36-17-12-31-47(52)48-32-13-18-37-53(48)63)49-33-14-19-38-54(49)62-50-34-15-10-29-45(50)46-30-11-16-35-51(46)62/h1-39H. The van der Waals surface area contributed by atoms with E-state index in [1.54, 1.807) is 0 Å². The number of aromatic nitrogens is 5. The van der Waals surface area contributed by atoms with Crippen LogP contribution in [0.15, 0.2) is 237 Å². The van der Waals surface area contributed by atoms with Gasteiger partial charge in [-0.3, -0.25) is 4.57 Å². The van der Waals surface area contributed by atoms with Crippen molar-refractivity contribution in [3.8, 4) is 34.4 Å². The summed E-state index contributed by atoms with van der Waals surface area (Å²) in [5.74, 6) is 1.72. The zero-order valence-corrected chi connectivity index (χ0v) is 34.3. The van der Waals surface area contributed by atoms with Gasteiger partial charge in [0.25, 0.3) is 0 Å². The minimum atomic E-state index is -0.644. The molecule has 9 aromatic carbocycles. The summed E-state index contributed by atoms with van der Waals surface area (Å²) in [6, 6.07) is 83.9. The molecule has 0 atom stereocenters. The van der Waals surface area contributed by atoms with Crippen LogP contribution in [0.25, 0.3) is 78.0 Å². The van der Waals surface area contributed by atoms with E-state index in [2.05, 4.69) is 246 Å². The van der Waals surface area contributed by atoms with Gasteiger partial charge in [0.2, 0.25) is 5.95 Å². The lowest BCUT2D eigenvalue weighted by atomic mass is 9.65. The summed E-state index contributed by atoms with van der Waals surface area (Å²) in [7, 11) is 0. The molecule has 0 bridgehead atoms. The van der Waals surface area contributed by atoms with E-state index in [1.165, 1.54) is 27.5 Å². The first-order valence-electron chi connectivity index (χ1n) is 21.4. The van der Waals surface area contributed by atoms with Crippen LogP contribution in [0.1, 0.15) is 22.3 Å². The van der Waals surface area contributed by atoms with Gasteiger partial charge in [-0.15, -0.1) is 0 Å². The Kier molecular flexibility index (Phi) is 8.64. The van der Waals surface area contributed by atoms with Crippen LogP contribution in [0, 0.1) is 0 Å². The molecule has 63 heavy (non-hydrogen) atoms. The fourth-order valence-electron chi connectivity index (χ4n) is 9.85. The molecule has 0 aliphatic carbocycles. The summed E-state index contributed by atoms with van der Waals surface area (Å²) in [6.45, 7) is 0. The second-order valence-electron chi connectivity index (χ2n) is 16.0. The van der Waals surface area contributed by atoms with Gasteiger partial charge in [0.05, 0.1) is 33.2 Å². The van der Waals surface area contributed by atoms with Gasteiger partial charge >= 0.3 is 0 Å². The number of fused-ring (bicyclic) bond motifs is 6. The third-order valence-corrected chi connectivity index (χ3v) is 12.5. The molecule has 296 valence electrons. The van der Waals surface area contributed by atoms with Gasteiger partial charge in [-0.05, 0) is 64.7 Å². The molecule has 12 rings (SSSR count). The Morgan fingerprint density at radius 2 is 0.698 bits per heavy atom. The van der Waals surface area contributed by atoms with Crippen LogP contribution in [0.3, 0.4) is 0 Å². The fraction of sp³-hybridized carbons (Fsp3) is 0.0172. The highest BCUT2D eigenvalue weighted by Crippen LogP contribution is 2.46. The first-order chi connectivity index (χ1) is 31.3. The Morgan fingerprint density at radius 3 is 1.21 bits per heavy atom. The lowest BCUT2D eigenvalue weighted by Gasteiger charge is -2.37. The molecule has 5 heteroatoms. The molecular formula is C58H39N5. The summed E-state index contributed by atoms with van der Waals surface area (Å²) in [5.41, 5.74) is 11.0. The number of hydrogen-bond acceptors (Lipinski definition) is 3. The van der Waals surface area contributed by atoms with Crippen LogP contribution in [-0.2, 0) is 5.41 Å². The molecule has 0 fully saturated rings. The van der Waals surface area contributed by atoms with E-state index in [0.717, 1.165) is 55.2 Å². The van der Waals surface area contributed by atoms with Crippen LogP contribution in [0.2, 0.25) is 0 Å². The summed E-state index contributed by atoms with van der Waals surface area (Å²) in [4.78, 5) is 16.4. The Labute approximate surface area is 364 Å². The Balaban J connectivity index is 1.15. The number of para-hydroxylation sites is 5. The van der Waals surface area contributed by atoms with Crippen LogP contribution < -0.4 is 0 Å². The van der Waals surface area contributed by atoms with Crippen LogP contribution >= 0.6 is 0 Å². The lowest BCUT2D eigenvalue weighted by Crippen LogP contribution is -2.31. The second-order valence-corrected chi connectivity index (χ2v) is 16.0. The van der Waals surface area contributed by atoms with Crippen LogP contribution in [-0.4, -0.2) is 24.1 Å².